The van der Waals surface area contributed by atoms with Gasteiger partial charge in [0.2, 0.25) is 0 Å². The number of halogens is 2. The van der Waals surface area contributed by atoms with Crippen LogP contribution in [0.4, 0.5) is 8.78 Å². The molecule has 0 bridgehead atoms. The lowest BCUT2D eigenvalue weighted by Gasteiger charge is -2.43. The van der Waals surface area contributed by atoms with Crippen molar-refractivity contribution < 1.29 is 23.1 Å². The van der Waals surface area contributed by atoms with E-state index in [0.717, 1.165) is 5.56 Å². The molecule has 4 rings (SSSR count). The number of hydrogen-bond donors (Lipinski definition) is 1. The summed E-state index contributed by atoms with van der Waals surface area (Å²) in [5.41, 5.74) is 5.70. The van der Waals surface area contributed by atoms with Crippen molar-refractivity contribution in [1.82, 2.24) is 19.7 Å². The van der Waals surface area contributed by atoms with Crippen molar-refractivity contribution in [3.8, 4) is 17.3 Å². The molecule has 2 aromatic heterocycles. The van der Waals surface area contributed by atoms with E-state index in [1.807, 2.05) is 36.4 Å². The number of ether oxygens (including phenoxy) is 1. The van der Waals surface area contributed by atoms with Crippen LogP contribution in [0.5, 0.6) is 0 Å². The van der Waals surface area contributed by atoms with Gasteiger partial charge in [-0.15, -0.1) is 0 Å². The number of nitrogens with zero attached hydrogens (tertiary/aromatic N) is 5. The summed E-state index contributed by atoms with van der Waals surface area (Å²) in [5.74, 6) is -1.90. The third kappa shape index (κ3) is 5.34. The lowest BCUT2D eigenvalue weighted by atomic mass is 9.83. The first-order valence-electron chi connectivity index (χ1n) is 11.7. The number of likely N-dealkylation sites (tertiary alicyclic amines) is 1. The van der Waals surface area contributed by atoms with Crippen molar-refractivity contribution in [2.75, 3.05) is 20.2 Å². The molecule has 0 saturated carbocycles. The van der Waals surface area contributed by atoms with Gasteiger partial charge in [-0.25, -0.2) is 8.78 Å². The van der Waals surface area contributed by atoms with Gasteiger partial charge in [0.15, 0.2) is 0 Å². The van der Waals surface area contributed by atoms with E-state index in [4.69, 9.17) is 5.73 Å². The quantitative estimate of drug-likeness (QED) is 0.464. The standard InChI is InChI=1S/C26H26F2N6O3/c1-37-24(35)12-22-19(25(30)36)15-34(32-22)26(7-9-29)8-10-33(16-23(26)28)14-18-13-31-21(11-20(18)27)17-5-3-2-4-6-17/h2-6,11,13,15,23H,7-8,10,12,14,16H2,1H3,(H2,30,36). The number of nitriles is 1. The molecule has 0 aliphatic carbocycles. The van der Waals surface area contributed by atoms with Crippen molar-refractivity contribution >= 4 is 11.9 Å². The monoisotopic (exact) mass is 508 g/mol. The highest BCUT2D eigenvalue weighted by molar-refractivity contribution is 5.94. The van der Waals surface area contributed by atoms with Gasteiger partial charge in [0.05, 0.1) is 43.0 Å². The molecule has 2 N–H and O–H groups in total. The first kappa shape index (κ1) is 25.9. The van der Waals surface area contributed by atoms with Crippen LogP contribution in [0.1, 0.15) is 34.5 Å². The van der Waals surface area contributed by atoms with Crippen molar-refractivity contribution in [2.24, 2.45) is 5.73 Å². The normalized spacial score (nSPS) is 19.8. The maximum absolute atomic E-state index is 15.8. The molecule has 0 radical (unpaired) electrons. The Morgan fingerprint density at radius 2 is 2.08 bits per heavy atom. The molecule has 3 aromatic rings. The number of methoxy groups -OCH3 is 1. The molecule has 3 heterocycles. The zero-order valence-corrected chi connectivity index (χ0v) is 20.2. The van der Waals surface area contributed by atoms with Gasteiger partial charge in [0, 0.05) is 49.2 Å². The number of amides is 1. The number of aromatic nitrogens is 3. The number of carbonyl (C=O) groups is 2. The molecule has 192 valence electrons. The van der Waals surface area contributed by atoms with E-state index in [1.165, 1.54) is 30.3 Å². The molecule has 1 amide bonds. The van der Waals surface area contributed by atoms with Gasteiger partial charge in [-0.2, -0.15) is 10.4 Å². The highest BCUT2D eigenvalue weighted by atomic mass is 19.1. The number of pyridine rings is 1. The summed E-state index contributed by atoms with van der Waals surface area (Å²) in [6.45, 7) is 0.371. The Bertz CT molecular complexity index is 1340. The predicted molar refractivity (Wildman–Crippen MR) is 129 cm³/mol. The third-order valence-corrected chi connectivity index (χ3v) is 6.69. The first-order valence-corrected chi connectivity index (χ1v) is 11.7. The summed E-state index contributed by atoms with van der Waals surface area (Å²) >= 11 is 0. The Labute approximate surface area is 212 Å². The van der Waals surface area contributed by atoms with Crippen LogP contribution in [0.2, 0.25) is 0 Å². The maximum atomic E-state index is 15.8. The zero-order chi connectivity index (χ0) is 26.6. The van der Waals surface area contributed by atoms with E-state index < -0.39 is 29.4 Å². The molecule has 2 unspecified atom stereocenters. The molecule has 11 heteroatoms. The third-order valence-electron chi connectivity index (χ3n) is 6.69. The van der Waals surface area contributed by atoms with Crippen LogP contribution in [0.15, 0.2) is 48.8 Å². The molecule has 0 spiro atoms. The Balaban J connectivity index is 1.54. The van der Waals surface area contributed by atoms with Crippen LogP contribution in [-0.4, -0.2) is 57.9 Å². The number of benzene rings is 1. The number of esters is 1. The minimum atomic E-state index is -1.58. The summed E-state index contributed by atoms with van der Waals surface area (Å²) in [7, 11) is 1.20. The molecular formula is C26H26F2N6O3. The highest BCUT2D eigenvalue weighted by Gasteiger charge is 2.46. The van der Waals surface area contributed by atoms with Gasteiger partial charge < -0.3 is 10.5 Å². The molecule has 1 saturated heterocycles. The fourth-order valence-electron chi connectivity index (χ4n) is 4.58. The van der Waals surface area contributed by atoms with Gasteiger partial charge in [-0.3, -0.25) is 24.2 Å². The van der Waals surface area contributed by atoms with Crippen LogP contribution >= 0.6 is 0 Å². The average Bonchev–Trinajstić information content (AvgIpc) is 3.32. The van der Waals surface area contributed by atoms with E-state index in [-0.39, 0.29) is 43.6 Å². The highest BCUT2D eigenvalue weighted by Crippen LogP contribution is 2.37. The largest absolute Gasteiger partial charge is 0.469 e. The van der Waals surface area contributed by atoms with Crippen LogP contribution < -0.4 is 5.73 Å². The minimum Gasteiger partial charge on any atom is -0.469 e. The van der Waals surface area contributed by atoms with Crippen molar-refractivity contribution in [3.63, 3.8) is 0 Å². The van der Waals surface area contributed by atoms with Crippen molar-refractivity contribution in [1.29, 1.82) is 5.26 Å². The average molecular weight is 509 g/mol. The SMILES string of the molecule is COC(=O)Cc1nn(C2(CC#N)CCN(Cc3cnc(-c4ccccc4)cc3F)CC2F)cc1C(N)=O. The number of alkyl halides is 1. The second-order valence-electron chi connectivity index (χ2n) is 8.97. The zero-order valence-electron chi connectivity index (χ0n) is 20.2. The van der Waals surface area contributed by atoms with E-state index >= 15 is 4.39 Å². The van der Waals surface area contributed by atoms with Crippen molar-refractivity contribution in [3.05, 3.63) is 71.4 Å². The molecule has 1 aliphatic rings. The number of carbonyl (C=O) groups excluding carboxylic acids is 2. The fourth-order valence-corrected chi connectivity index (χ4v) is 4.58. The topological polar surface area (TPSA) is 127 Å². The van der Waals surface area contributed by atoms with E-state index in [1.54, 1.807) is 4.90 Å². The number of primary amides is 1. The molecule has 1 aliphatic heterocycles. The second kappa shape index (κ2) is 10.8. The smallest absolute Gasteiger partial charge is 0.311 e. The lowest BCUT2D eigenvalue weighted by Crippen LogP contribution is -2.54. The van der Waals surface area contributed by atoms with Crippen LogP contribution in [0.25, 0.3) is 11.3 Å². The number of rotatable bonds is 8. The first-order chi connectivity index (χ1) is 17.8. The number of nitrogens with two attached hydrogens (primary N) is 1. The van der Waals surface area contributed by atoms with Crippen LogP contribution in [0.3, 0.4) is 0 Å². The summed E-state index contributed by atoms with van der Waals surface area (Å²) in [6, 6.07) is 12.6. The Kier molecular flexibility index (Phi) is 7.59. The number of hydrogen-bond acceptors (Lipinski definition) is 7. The number of piperidine rings is 1. The Morgan fingerprint density at radius 3 is 2.70 bits per heavy atom. The summed E-state index contributed by atoms with van der Waals surface area (Å²) < 4.78 is 36.6. The summed E-state index contributed by atoms with van der Waals surface area (Å²) in [6.07, 6.45) is 0.781. The van der Waals surface area contributed by atoms with Gasteiger partial charge >= 0.3 is 5.97 Å². The summed E-state index contributed by atoms with van der Waals surface area (Å²) in [4.78, 5) is 29.8. The second-order valence-corrected chi connectivity index (χ2v) is 8.97. The minimum absolute atomic E-state index is 0.0380. The van der Waals surface area contributed by atoms with Gasteiger partial charge in [0.25, 0.3) is 5.91 Å². The van der Waals surface area contributed by atoms with Crippen LogP contribution in [-0.2, 0) is 28.0 Å². The van der Waals surface area contributed by atoms with E-state index in [2.05, 4.69) is 14.8 Å². The molecule has 1 aromatic carbocycles. The van der Waals surface area contributed by atoms with Gasteiger partial charge in [0.1, 0.15) is 17.5 Å². The van der Waals surface area contributed by atoms with Crippen LogP contribution in [0, 0.1) is 17.1 Å². The van der Waals surface area contributed by atoms with Crippen molar-refractivity contribution in [2.45, 2.75) is 37.5 Å². The Morgan fingerprint density at radius 1 is 1.32 bits per heavy atom. The molecule has 2 atom stereocenters. The molecule has 1 fully saturated rings. The molecule has 9 nitrogen and oxygen atoms in total. The maximum Gasteiger partial charge on any atom is 0.311 e. The fraction of sp³-hybridized carbons (Fsp3) is 0.346. The predicted octanol–water partition coefficient (Wildman–Crippen LogP) is 2.75. The lowest BCUT2D eigenvalue weighted by molar-refractivity contribution is -0.139. The molecular weight excluding hydrogens is 482 g/mol. The Hall–Kier alpha value is -4.17. The van der Waals surface area contributed by atoms with E-state index in [9.17, 15) is 19.2 Å². The van der Waals surface area contributed by atoms with Gasteiger partial charge in [-0.1, -0.05) is 30.3 Å². The molecule has 37 heavy (non-hydrogen) atoms. The van der Waals surface area contributed by atoms with Gasteiger partial charge in [-0.05, 0) is 6.42 Å². The van der Waals surface area contributed by atoms with E-state index in [0.29, 0.717) is 17.8 Å². The summed E-state index contributed by atoms with van der Waals surface area (Å²) in [5, 5.41) is 13.8.